The van der Waals surface area contributed by atoms with Crippen molar-refractivity contribution in [1.82, 2.24) is 10.3 Å². The molecule has 7 nitrogen and oxygen atoms in total. The van der Waals surface area contributed by atoms with Crippen molar-refractivity contribution in [3.63, 3.8) is 0 Å². The van der Waals surface area contributed by atoms with Gasteiger partial charge in [-0.15, -0.1) is 0 Å². The van der Waals surface area contributed by atoms with Gasteiger partial charge in [-0.25, -0.2) is 13.4 Å². The first-order valence-corrected chi connectivity index (χ1v) is 9.64. The van der Waals surface area contributed by atoms with Gasteiger partial charge < -0.3 is 14.8 Å². The summed E-state index contributed by atoms with van der Waals surface area (Å²) in [6.45, 7) is -0.170. The van der Waals surface area contributed by atoms with E-state index in [1.807, 2.05) is 6.07 Å². The van der Waals surface area contributed by atoms with Crippen LogP contribution in [0.15, 0.2) is 48.7 Å². The van der Waals surface area contributed by atoms with Crippen molar-refractivity contribution in [2.24, 2.45) is 0 Å². The Balaban J connectivity index is 1.46. The van der Waals surface area contributed by atoms with Crippen molar-refractivity contribution >= 4 is 15.7 Å². The van der Waals surface area contributed by atoms with Crippen molar-refractivity contribution in [1.29, 1.82) is 0 Å². The molecule has 1 aromatic heterocycles. The number of amides is 1. The predicted molar refractivity (Wildman–Crippen MR) is 91.4 cm³/mol. The first kappa shape index (κ1) is 17.2. The van der Waals surface area contributed by atoms with Gasteiger partial charge >= 0.3 is 0 Å². The molecule has 1 aromatic carbocycles. The largest absolute Gasteiger partial charge is 0.484 e. The Hall–Kier alpha value is -2.61. The third-order valence-electron chi connectivity index (χ3n) is 3.65. The third-order valence-corrected chi connectivity index (χ3v) is 5.42. The number of sulfone groups is 1. The second-order valence-electron chi connectivity index (χ2n) is 5.70. The standard InChI is InChI=1S/C17H18N2O5S/c20-16(19-13-8-10-25(21,22)12-13)11-23-14-4-6-15(7-5-14)24-17-3-1-2-9-18-17/h1-7,9,13H,8,10-12H2,(H,19,20)/t13-/m0/s1. The highest BCUT2D eigenvalue weighted by atomic mass is 32.2. The molecule has 0 spiro atoms. The maximum atomic E-state index is 11.8. The van der Waals surface area contributed by atoms with Crippen LogP contribution in [-0.4, -0.2) is 43.5 Å². The van der Waals surface area contributed by atoms with Gasteiger partial charge in [-0.05, 0) is 36.8 Å². The van der Waals surface area contributed by atoms with E-state index in [9.17, 15) is 13.2 Å². The molecule has 2 aromatic rings. The summed E-state index contributed by atoms with van der Waals surface area (Å²) in [5, 5.41) is 2.67. The number of pyridine rings is 1. The van der Waals surface area contributed by atoms with E-state index < -0.39 is 9.84 Å². The highest BCUT2D eigenvalue weighted by Gasteiger charge is 2.28. The lowest BCUT2D eigenvalue weighted by Crippen LogP contribution is -2.38. The fourth-order valence-corrected chi connectivity index (χ4v) is 4.13. The van der Waals surface area contributed by atoms with Crippen LogP contribution < -0.4 is 14.8 Å². The number of nitrogens with one attached hydrogen (secondary N) is 1. The lowest BCUT2D eigenvalue weighted by Gasteiger charge is -2.12. The molecule has 8 heteroatoms. The molecule has 0 aliphatic carbocycles. The zero-order valence-electron chi connectivity index (χ0n) is 13.4. The van der Waals surface area contributed by atoms with Crippen LogP contribution in [0.25, 0.3) is 0 Å². The van der Waals surface area contributed by atoms with Crippen LogP contribution in [0.1, 0.15) is 6.42 Å². The summed E-state index contributed by atoms with van der Waals surface area (Å²) in [6.07, 6.45) is 2.09. The Kier molecular flexibility index (Phi) is 5.18. The van der Waals surface area contributed by atoms with Gasteiger partial charge in [0.2, 0.25) is 5.88 Å². The van der Waals surface area contributed by atoms with E-state index in [-0.39, 0.29) is 30.1 Å². The molecule has 0 bridgehead atoms. The number of aromatic nitrogens is 1. The molecule has 1 fully saturated rings. The SMILES string of the molecule is O=C(COc1ccc(Oc2ccccn2)cc1)N[C@H]1CCS(=O)(=O)C1. The second kappa shape index (κ2) is 7.52. The Morgan fingerprint density at radius 2 is 1.92 bits per heavy atom. The van der Waals surface area contributed by atoms with Crippen molar-refractivity contribution in [2.45, 2.75) is 12.5 Å². The third kappa shape index (κ3) is 5.18. The molecule has 0 unspecified atom stereocenters. The van der Waals surface area contributed by atoms with Gasteiger partial charge in [0.15, 0.2) is 16.4 Å². The van der Waals surface area contributed by atoms with E-state index in [2.05, 4.69) is 10.3 Å². The van der Waals surface area contributed by atoms with Crippen molar-refractivity contribution in [2.75, 3.05) is 18.1 Å². The molecule has 0 radical (unpaired) electrons. The Morgan fingerprint density at radius 3 is 2.56 bits per heavy atom. The minimum absolute atomic E-state index is 0.00169. The lowest BCUT2D eigenvalue weighted by atomic mass is 10.2. The summed E-state index contributed by atoms with van der Waals surface area (Å²) in [5.41, 5.74) is 0. The molecule has 1 aliphatic rings. The summed E-state index contributed by atoms with van der Waals surface area (Å²) in [4.78, 5) is 15.9. The molecular weight excluding hydrogens is 344 g/mol. The molecule has 0 saturated carbocycles. The molecule has 1 atom stereocenters. The molecule has 1 saturated heterocycles. The summed E-state index contributed by atoms with van der Waals surface area (Å²) < 4.78 is 33.7. The van der Waals surface area contributed by atoms with Crippen molar-refractivity contribution < 1.29 is 22.7 Å². The number of nitrogens with zero attached hydrogens (tertiary/aromatic N) is 1. The number of carbonyl (C=O) groups is 1. The smallest absolute Gasteiger partial charge is 0.258 e. The van der Waals surface area contributed by atoms with Crippen LogP contribution in [0.4, 0.5) is 0 Å². The number of benzene rings is 1. The van der Waals surface area contributed by atoms with Gasteiger partial charge in [0, 0.05) is 18.3 Å². The minimum atomic E-state index is -3.01. The van der Waals surface area contributed by atoms with Crippen LogP contribution in [0, 0.1) is 0 Å². The molecule has 1 N–H and O–H groups in total. The average Bonchev–Trinajstić information content (AvgIpc) is 2.94. The quantitative estimate of drug-likeness (QED) is 0.838. The number of rotatable bonds is 6. The van der Waals surface area contributed by atoms with Gasteiger partial charge in [0.25, 0.3) is 5.91 Å². The van der Waals surface area contributed by atoms with E-state index in [1.54, 1.807) is 42.6 Å². The highest BCUT2D eigenvalue weighted by Crippen LogP contribution is 2.22. The number of ether oxygens (including phenoxy) is 2. The Morgan fingerprint density at radius 1 is 1.16 bits per heavy atom. The minimum Gasteiger partial charge on any atom is -0.484 e. The molecule has 3 rings (SSSR count). The zero-order valence-corrected chi connectivity index (χ0v) is 14.2. The Bertz CT molecular complexity index is 822. The zero-order chi connectivity index (χ0) is 17.7. The van der Waals surface area contributed by atoms with Gasteiger partial charge in [-0.2, -0.15) is 0 Å². The van der Waals surface area contributed by atoms with E-state index in [0.29, 0.717) is 23.8 Å². The summed E-state index contributed by atoms with van der Waals surface area (Å²) >= 11 is 0. The second-order valence-corrected chi connectivity index (χ2v) is 7.93. The number of carbonyl (C=O) groups excluding carboxylic acids is 1. The van der Waals surface area contributed by atoms with Crippen molar-refractivity contribution in [3.05, 3.63) is 48.7 Å². The van der Waals surface area contributed by atoms with Gasteiger partial charge in [-0.3, -0.25) is 4.79 Å². The van der Waals surface area contributed by atoms with Crippen LogP contribution in [0.3, 0.4) is 0 Å². The summed E-state index contributed by atoms with van der Waals surface area (Å²) in [5.74, 6) is 1.39. The summed E-state index contributed by atoms with van der Waals surface area (Å²) in [6, 6.07) is 11.9. The average molecular weight is 362 g/mol. The molecule has 132 valence electrons. The molecular formula is C17H18N2O5S. The molecule has 2 heterocycles. The van der Waals surface area contributed by atoms with E-state index >= 15 is 0 Å². The predicted octanol–water partition coefficient (Wildman–Crippen LogP) is 1.56. The lowest BCUT2D eigenvalue weighted by molar-refractivity contribution is -0.123. The van der Waals surface area contributed by atoms with Gasteiger partial charge in [-0.1, -0.05) is 6.07 Å². The van der Waals surface area contributed by atoms with Crippen LogP contribution in [0.2, 0.25) is 0 Å². The van der Waals surface area contributed by atoms with E-state index in [4.69, 9.17) is 9.47 Å². The van der Waals surface area contributed by atoms with Crippen LogP contribution in [-0.2, 0) is 14.6 Å². The Labute approximate surface area is 145 Å². The van der Waals surface area contributed by atoms with Crippen molar-refractivity contribution in [3.8, 4) is 17.4 Å². The topological polar surface area (TPSA) is 94.6 Å². The maximum Gasteiger partial charge on any atom is 0.258 e. The first-order valence-electron chi connectivity index (χ1n) is 7.82. The fraction of sp³-hybridized carbons (Fsp3) is 0.294. The van der Waals surface area contributed by atoms with Gasteiger partial charge in [0.1, 0.15) is 11.5 Å². The van der Waals surface area contributed by atoms with E-state index in [1.165, 1.54) is 0 Å². The monoisotopic (exact) mass is 362 g/mol. The fourth-order valence-electron chi connectivity index (χ4n) is 2.46. The molecule has 1 amide bonds. The van der Waals surface area contributed by atoms with Gasteiger partial charge in [0.05, 0.1) is 11.5 Å². The number of hydrogen-bond donors (Lipinski definition) is 1. The first-order chi connectivity index (χ1) is 12.0. The maximum absolute atomic E-state index is 11.8. The summed E-state index contributed by atoms with van der Waals surface area (Å²) in [7, 11) is -3.01. The normalized spacial score (nSPS) is 18.5. The molecule has 25 heavy (non-hydrogen) atoms. The highest BCUT2D eigenvalue weighted by molar-refractivity contribution is 7.91. The van der Waals surface area contributed by atoms with Crippen LogP contribution in [0.5, 0.6) is 17.4 Å². The number of hydrogen-bond acceptors (Lipinski definition) is 6. The van der Waals surface area contributed by atoms with Crippen LogP contribution >= 0.6 is 0 Å². The van der Waals surface area contributed by atoms with E-state index in [0.717, 1.165) is 0 Å². The molecule has 1 aliphatic heterocycles.